The lowest BCUT2D eigenvalue weighted by molar-refractivity contribution is 0.0936. The molecule has 4 rings (SSSR count). The van der Waals surface area contributed by atoms with Gasteiger partial charge in [-0.25, -0.2) is 15.0 Å². The lowest BCUT2D eigenvalue weighted by atomic mass is 10.1. The van der Waals surface area contributed by atoms with E-state index in [0.29, 0.717) is 4.88 Å². The van der Waals surface area contributed by atoms with Crippen molar-refractivity contribution in [3.63, 3.8) is 0 Å². The van der Waals surface area contributed by atoms with Crippen LogP contribution in [0.2, 0.25) is 0 Å². The fraction of sp³-hybridized carbons (Fsp3) is 0.333. The normalized spacial score (nSPS) is 17.3. The molecule has 1 amide bonds. The van der Waals surface area contributed by atoms with Gasteiger partial charge in [-0.05, 0) is 37.3 Å². The molecule has 3 aromatic heterocycles. The third-order valence-corrected chi connectivity index (χ3v) is 6.25. The Kier molecular flexibility index (Phi) is 4.94. The molecule has 8 heteroatoms. The SMILES string of the molecule is Cc1nc(-c2ccsc2)sc1C(=O)N[C@@H]1CCCN(c2ncccn2)C1. The zero-order chi connectivity index (χ0) is 17.9. The number of nitrogens with zero attached hydrogens (tertiary/aromatic N) is 4. The van der Waals surface area contributed by atoms with Crippen molar-refractivity contribution in [1.29, 1.82) is 0 Å². The molecule has 3 aromatic rings. The molecule has 0 radical (unpaired) electrons. The largest absolute Gasteiger partial charge is 0.347 e. The molecule has 6 nitrogen and oxygen atoms in total. The minimum atomic E-state index is -0.0395. The van der Waals surface area contributed by atoms with Crippen LogP contribution in [0.3, 0.4) is 0 Å². The second-order valence-electron chi connectivity index (χ2n) is 6.25. The van der Waals surface area contributed by atoms with Crippen molar-refractivity contribution in [3.8, 4) is 10.6 Å². The highest BCUT2D eigenvalue weighted by atomic mass is 32.1. The quantitative estimate of drug-likeness (QED) is 0.746. The third-order valence-electron chi connectivity index (χ3n) is 4.36. The van der Waals surface area contributed by atoms with Gasteiger partial charge >= 0.3 is 0 Å². The van der Waals surface area contributed by atoms with Crippen molar-refractivity contribution >= 4 is 34.5 Å². The van der Waals surface area contributed by atoms with Gasteiger partial charge in [-0.1, -0.05) is 0 Å². The molecule has 1 atom stereocenters. The van der Waals surface area contributed by atoms with Crippen molar-refractivity contribution in [2.75, 3.05) is 18.0 Å². The first-order valence-electron chi connectivity index (χ1n) is 8.53. The Morgan fingerprint density at radius 2 is 2.19 bits per heavy atom. The Balaban J connectivity index is 1.45. The topological polar surface area (TPSA) is 71.0 Å². The third kappa shape index (κ3) is 3.61. The molecular weight excluding hydrogens is 366 g/mol. The maximum atomic E-state index is 12.8. The Labute approximate surface area is 160 Å². The van der Waals surface area contributed by atoms with E-state index in [2.05, 4.69) is 30.5 Å². The molecule has 134 valence electrons. The molecule has 26 heavy (non-hydrogen) atoms. The minimum Gasteiger partial charge on any atom is -0.347 e. The highest BCUT2D eigenvalue weighted by Gasteiger charge is 2.25. The molecule has 0 aliphatic carbocycles. The summed E-state index contributed by atoms with van der Waals surface area (Å²) in [6, 6.07) is 3.93. The van der Waals surface area contributed by atoms with Crippen LogP contribution in [0.1, 0.15) is 28.2 Å². The lowest BCUT2D eigenvalue weighted by Gasteiger charge is -2.33. The van der Waals surface area contributed by atoms with E-state index in [0.717, 1.165) is 48.1 Å². The average molecular weight is 386 g/mol. The molecule has 0 saturated carbocycles. The summed E-state index contributed by atoms with van der Waals surface area (Å²) in [6.45, 7) is 3.54. The predicted octanol–water partition coefficient (Wildman–Crippen LogP) is 3.37. The Morgan fingerprint density at radius 3 is 2.96 bits per heavy atom. The first kappa shape index (κ1) is 17.1. The lowest BCUT2D eigenvalue weighted by Crippen LogP contribution is -2.48. The highest BCUT2D eigenvalue weighted by molar-refractivity contribution is 7.17. The van der Waals surface area contributed by atoms with Gasteiger partial charge in [-0.2, -0.15) is 11.3 Å². The van der Waals surface area contributed by atoms with Gasteiger partial charge in [-0.3, -0.25) is 4.79 Å². The Hall–Kier alpha value is -2.32. The van der Waals surface area contributed by atoms with E-state index in [1.165, 1.54) is 11.3 Å². The summed E-state index contributed by atoms with van der Waals surface area (Å²) >= 11 is 3.09. The first-order chi connectivity index (χ1) is 12.7. The second-order valence-corrected chi connectivity index (χ2v) is 8.03. The summed E-state index contributed by atoms with van der Waals surface area (Å²) < 4.78 is 0. The zero-order valence-electron chi connectivity index (χ0n) is 14.4. The van der Waals surface area contributed by atoms with E-state index in [4.69, 9.17) is 0 Å². The van der Waals surface area contributed by atoms with E-state index in [1.54, 1.807) is 23.7 Å². The summed E-state index contributed by atoms with van der Waals surface area (Å²) in [4.78, 5) is 28.8. The molecule has 4 heterocycles. The Bertz CT molecular complexity index is 878. The van der Waals surface area contributed by atoms with E-state index in [-0.39, 0.29) is 11.9 Å². The van der Waals surface area contributed by atoms with Crippen LogP contribution in [0.15, 0.2) is 35.3 Å². The van der Waals surface area contributed by atoms with Gasteiger partial charge in [0, 0.05) is 42.5 Å². The molecule has 1 fully saturated rings. The highest BCUT2D eigenvalue weighted by Crippen LogP contribution is 2.29. The van der Waals surface area contributed by atoms with Gasteiger partial charge in [0.1, 0.15) is 9.88 Å². The fourth-order valence-electron chi connectivity index (χ4n) is 3.10. The number of hydrogen-bond donors (Lipinski definition) is 1. The number of carbonyl (C=O) groups is 1. The molecule has 0 bridgehead atoms. The summed E-state index contributed by atoms with van der Waals surface area (Å²) in [5.41, 5.74) is 1.86. The standard InChI is InChI=1S/C18H19N5OS2/c1-12-15(26-17(21-12)13-5-9-25-11-13)16(24)22-14-4-2-8-23(10-14)18-19-6-3-7-20-18/h3,5-7,9,11,14H,2,4,8,10H2,1H3,(H,22,24)/t14-/m1/s1. The van der Waals surface area contributed by atoms with Gasteiger partial charge in [0.25, 0.3) is 5.91 Å². The van der Waals surface area contributed by atoms with Gasteiger partial charge in [0.15, 0.2) is 0 Å². The number of rotatable bonds is 4. The monoisotopic (exact) mass is 385 g/mol. The second kappa shape index (κ2) is 7.51. The van der Waals surface area contributed by atoms with Crippen molar-refractivity contribution in [2.45, 2.75) is 25.8 Å². The van der Waals surface area contributed by atoms with Crippen molar-refractivity contribution in [2.24, 2.45) is 0 Å². The number of thiophene rings is 1. The Morgan fingerprint density at radius 1 is 1.35 bits per heavy atom. The molecule has 0 spiro atoms. The van der Waals surface area contributed by atoms with E-state index >= 15 is 0 Å². The summed E-state index contributed by atoms with van der Waals surface area (Å²) in [5, 5.41) is 8.15. The molecule has 1 saturated heterocycles. The maximum Gasteiger partial charge on any atom is 0.263 e. The van der Waals surface area contributed by atoms with Crippen LogP contribution in [0.4, 0.5) is 5.95 Å². The van der Waals surface area contributed by atoms with Crippen LogP contribution < -0.4 is 10.2 Å². The number of piperidine rings is 1. The number of hydrogen-bond acceptors (Lipinski definition) is 7. The van der Waals surface area contributed by atoms with Crippen LogP contribution in [0, 0.1) is 6.92 Å². The summed E-state index contributed by atoms with van der Waals surface area (Å²) in [7, 11) is 0. The van der Waals surface area contributed by atoms with E-state index in [1.807, 2.05) is 24.4 Å². The molecule has 1 aliphatic rings. The van der Waals surface area contributed by atoms with Crippen molar-refractivity contribution in [3.05, 3.63) is 45.9 Å². The number of aryl methyl sites for hydroxylation is 1. The number of thiazole rings is 1. The van der Waals surface area contributed by atoms with E-state index < -0.39 is 0 Å². The van der Waals surface area contributed by atoms with Crippen LogP contribution >= 0.6 is 22.7 Å². The van der Waals surface area contributed by atoms with Gasteiger partial charge in [-0.15, -0.1) is 11.3 Å². The molecule has 0 unspecified atom stereocenters. The van der Waals surface area contributed by atoms with Crippen LogP contribution in [-0.2, 0) is 0 Å². The van der Waals surface area contributed by atoms with Gasteiger partial charge in [0.2, 0.25) is 5.95 Å². The van der Waals surface area contributed by atoms with E-state index in [9.17, 15) is 4.79 Å². The number of anilines is 1. The first-order valence-corrected chi connectivity index (χ1v) is 10.3. The molecule has 0 aromatic carbocycles. The summed E-state index contributed by atoms with van der Waals surface area (Å²) in [6.07, 6.45) is 5.46. The smallest absolute Gasteiger partial charge is 0.263 e. The minimum absolute atomic E-state index is 0.0395. The number of nitrogens with one attached hydrogen (secondary N) is 1. The van der Waals surface area contributed by atoms with Crippen LogP contribution in [0.5, 0.6) is 0 Å². The van der Waals surface area contributed by atoms with Crippen molar-refractivity contribution < 1.29 is 4.79 Å². The average Bonchev–Trinajstić information content (AvgIpc) is 3.32. The predicted molar refractivity (Wildman–Crippen MR) is 105 cm³/mol. The van der Waals surface area contributed by atoms with Crippen LogP contribution in [-0.4, -0.2) is 40.0 Å². The number of carbonyl (C=O) groups excluding carboxylic acids is 1. The molecule has 1 N–H and O–H groups in total. The zero-order valence-corrected chi connectivity index (χ0v) is 16.0. The van der Waals surface area contributed by atoms with Gasteiger partial charge in [0.05, 0.1) is 5.69 Å². The molecular formula is C18H19N5OS2. The summed E-state index contributed by atoms with van der Waals surface area (Å²) in [5.74, 6) is 0.683. The fourth-order valence-corrected chi connectivity index (χ4v) is 4.78. The maximum absolute atomic E-state index is 12.8. The molecule has 1 aliphatic heterocycles. The van der Waals surface area contributed by atoms with Gasteiger partial charge < -0.3 is 10.2 Å². The van der Waals surface area contributed by atoms with Crippen LogP contribution in [0.25, 0.3) is 10.6 Å². The van der Waals surface area contributed by atoms with Crippen molar-refractivity contribution in [1.82, 2.24) is 20.3 Å². The number of aromatic nitrogens is 3. The number of amides is 1.